The molecule has 0 spiro atoms. The molecule has 0 fully saturated rings. The Bertz CT molecular complexity index is 3620. The lowest BCUT2D eigenvalue weighted by molar-refractivity contribution is 0.295. The summed E-state index contributed by atoms with van der Waals surface area (Å²) in [4.78, 5) is 7.16. The van der Waals surface area contributed by atoms with Crippen molar-refractivity contribution in [3.8, 4) is 0 Å². The second-order valence-corrected chi connectivity index (χ2v) is 34.3. The fourth-order valence-electron chi connectivity index (χ4n) is 13.0. The van der Waals surface area contributed by atoms with Gasteiger partial charge in [0.1, 0.15) is 0 Å². The number of fused-ring (bicyclic) bond motifs is 3. The topological polar surface area (TPSA) is 188 Å². The molecule has 6 aromatic carbocycles. The lowest BCUT2D eigenvalue weighted by atomic mass is 9.85. The maximum atomic E-state index is 13.2. The molecule has 6 aromatic rings. The van der Waals surface area contributed by atoms with Crippen molar-refractivity contribution in [2.24, 2.45) is 11.5 Å². The smallest absolute Gasteiger partial charge is 0.261 e. The Hall–Kier alpha value is -3.08. The van der Waals surface area contributed by atoms with E-state index < -0.39 is 29.1 Å². The number of halogens is 7. The standard InChI is InChI=1S/C44H54Cl4N4O4S2.C16H14Cl3NO2S.C12H28N2/c1-51-27-39(37-23-33(45)25-43(47)41(37)29-51)31-15-13-17-35(21-31)57(53,54)49-19-11-9-7-5-3-4-6-8-10-12-20-50-58(55,56)36-18-14-16-32(22-36)40-28-52(2)30-42-38(40)24-34(46)26-44(42)48;1-20-8-14(10-3-2-4-12(5-10)23(19,21)22)13-6-11(17)7-16(18)15(13)9-20;13-11-9-7-5-3-1-2-4-6-8-10-12-14/h13-18,21-26,39-40,49-50H,3-12,19-20,27-30H2,1-2H3;2-7,14H,8-9H2,1H3;1-14H2. The van der Waals surface area contributed by atoms with Gasteiger partial charge in [0.15, 0.2) is 0 Å². The van der Waals surface area contributed by atoms with E-state index in [2.05, 4.69) is 24.1 Å². The van der Waals surface area contributed by atoms with Crippen molar-refractivity contribution in [1.29, 1.82) is 0 Å². The van der Waals surface area contributed by atoms with Gasteiger partial charge in [0, 0.05) is 111 Å². The predicted molar refractivity (Wildman–Crippen MR) is 397 cm³/mol. The fraction of sp³-hybridized carbons (Fsp3) is 0.500. The maximum Gasteiger partial charge on any atom is 0.261 e. The summed E-state index contributed by atoms with van der Waals surface area (Å²) in [5.41, 5.74) is 19.8. The third-order valence-corrected chi connectivity index (χ3v) is 23.9. The second-order valence-electron chi connectivity index (χ2n) is 25.7. The fourth-order valence-corrected chi connectivity index (χ4v) is 17.8. The third-order valence-electron chi connectivity index (χ3n) is 18.0. The quantitative estimate of drug-likeness (QED) is 0.0232. The molecule has 0 radical (unpaired) electrons. The molecule has 95 heavy (non-hydrogen) atoms. The van der Waals surface area contributed by atoms with Crippen molar-refractivity contribution in [3.63, 3.8) is 0 Å². The monoisotopic (exact) mass is 1500 g/mol. The zero-order valence-electron chi connectivity index (χ0n) is 55.2. The SMILES string of the molecule is CN1Cc2c(Cl)cc(Cl)cc2C(c2cccc(S(=O)(=O)Cl)c2)C1.CN1Cc2c(Cl)cc(Cl)cc2C(c2cccc(S(=O)(=O)NCCCCCCCCCCCCNS(=O)(=O)c3cccc(C4CN(C)Cc5c(Cl)cc(Cl)cc54)c3)c2)C1.NCCCCCCCCCCCCN. The van der Waals surface area contributed by atoms with E-state index in [0.29, 0.717) is 43.2 Å². The molecule has 0 aliphatic carbocycles. The molecule has 3 unspecified atom stereocenters. The van der Waals surface area contributed by atoms with Crippen LogP contribution < -0.4 is 20.9 Å². The normalized spacial score (nSPS) is 16.9. The van der Waals surface area contributed by atoms with Crippen molar-refractivity contribution >= 4 is 109 Å². The molecule has 0 bridgehead atoms. The molecule has 522 valence electrons. The predicted octanol–water partition coefficient (Wildman–Crippen LogP) is 17.9. The van der Waals surface area contributed by atoms with E-state index in [1.807, 2.05) is 57.5 Å². The third kappa shape index (κ3) is 24.6. The van der Waals surface area contributed by atoms with Gasteiger partial charge < -0.3 is 26.2 Å². The highest BCUT2D eigenvalue weighted by molar-refractivity contribution is 8.13. The van der Waals surface area contributed by atoms with Gasteiger partial charge in [-0.15, -0.1) is 0 Å². The molecule has 0 aromatic heterocycles. The Labute approximate surface area is 602 Å². The molecule has 0 amide bonds. The molecule has 6 N–H and O–H groups in total. The number of nitrogens with one attached hydrogen (secondary N) is 2. The lowest BCUT2D eigenvalue weighted by Crippen LogP contribution is -2.31. The number of nitrogens with zero attached hydrogens (tertiary/aromatic N) is 3. The molecule has 3 aliphatic rings. The molecular weight excluding hydrogens is 1400 g/mol. The van der Waals surface area contributed by atoms with Crippen LogP contribution in [0.25, 0.3) is 0 Å². The van der Waals surface area contributed by atoms with E-state index >= 15 is 0 Å². The summed E-state index contributed by atoms with van der Waals surface area (Å²) in [5.74, 6) is -0.0854. The molecule has 0 saturated heterocycles. The Morgan fingerprint density at radius 1 is 0.379 bits per heavy atom. The van der Waals surface area contributed by atoms with E-state index in [1.165, 1.54) is 70.3 Å². The Balaban J connectivity index is 0.000000279. The first-order valence-electron chi connectivity index (χ1n) is 33.5. The van der Waals surface area contributed by atoms with Gasteiger partial charge in [0.05, 0.1) is 14.7 Å². The van der Waals surface area contributed by atoms with Gasteiger partial charge in [-0.05, 0) is 183 Å². The minimum absolute atomic E-state index is 0.0154. The highest BCUT2D eigenvalue weighted by Gasteiger charge is 2.31. The van der Waals surface area contributed by atoms with E-state index in [-0.39, 0.29) is 32.4 Å². The summed E-state index contributed by atoms with van der Waals surface area (Å²) in [6, 6.07) is 32.1. The van der Waals surface area contributed by atoms with Gasteiger partial charge >= 0.3 is 0 Å². The first kappa shape index (κ1) is 79.2. The van der Waals surface area contributed by atoms with Gasteiger partial charge in [-0.25, -0.2) is 34.7 Å². The molecule has 0 saturated carbocycles. The van der Waals surface area contributed by atoms with Crippen LogP contribution in [0.2, 0.25) is 30.1 Å². The molecule has 3 heterocycles. The molecule has 3 atom stereocenters. The van der Waals surface area contributed by atoms with Gasteiger partial charge in [0.25, 0.3) is 9.05 Å². The van der Waals surface area contributed by atoms with Crippen LogP contribution in [-0.4, -0.2) is 107 Å². The highest BCUT2D eigenvalue weighted by atomic mass is 35.7. The van der Waals surface area contributed by atoms with E-state index in [4.69, 9.17) is 91.8 Å². The van der Waals surface area contributed by atoms with Crippen LogP contribution in [0.5, 0.6) is 0 Å². The zero-order valence-corrected chi connectivity index (χ0v) is 62.9. The van der Waals surface area contributed by atoms with E-state index in [1.54, 1.807) is 66.7 Å². The molecule has 9 rings (SSSR count). The summed E-state index contributed by atoms with van der Waals surface area (Å²) < 4.78 is 81.7. The van der Waals surface area contributed by atoms with Gasteiger partial charge in [-0.1, -0.05) is 209 Å². The van der Waals surface area contributed by atoms with Gasteiger partial charge in [-0.2, -0.15) is 0 Å². The summed E-state index contributed by atoms with van der Waals surface area (Å²) >= 11 is 38.3. The highest BCUT2D eigenvalue weighted by Crippen LogP contribution is 2.42. The summed E-state index contributed by atoms with van der Waals surface area (Å²) in [6.45, 7) is 6.92. The molecule has 3 aliphatic heterocycles. The summed E-state index contributed by atoms with van der Waals surface area (Å²) in [5, 5.41) is 3.62. The first-order valence-corrected chi connectivity index (χ1v) is 41.1. The number of benzene rings is 6. The van der Waals surface area contributed by atoms with Crippen molar-refractivity contribution in [2.45, 2.75) is 180 Å². The summed E-state index contributed by atoms with van der Waals surface area (Å²) in [7, 11) is 0.484. The lowest BCUT2D eigenvalue weighted by Gasteiger charge is -2.33. The Kier molecular flexibility index (Phi) is 32.7. The Morgan fingerprint density at radius 2 is 0.642 bits per heavy atom. The largest absolute Gasteiger partial charge is 0.330 e. The van der Waals surface area contributed by atoms with Crippen molar-refractivity contribution < 1.29 is 25.3 Å². The van der Waals surface area contributed by atoms with Crippen LogP contribution in [-0.2, 0) is 48.7 Å². The average Bonchev–Trinajstić information content (AvgIpc) is 0.790. The van der Waals surface area contributed by atoms with E-state index in [9.17, 15) is 25.3 Å². The first-order chi connectivity index (χ1) is 45.4. The maximum absolute atomic E-state index is 13.2. The summed E-state index contributed by atoms with van der Waals surface area (Å²) in [6.07, 6.45) is 23.5. The molecule has 23 heteroatoms. The van der Waals surface area contributed by atoms with Crippen LogP contribution in [0.15, 0.2) is 124 Å². The average molecular weight is 1500 g/mol. The molecule has 13 nitrogen and oxygen atoms in total. The molecular formula is C72H96Cl7N7O6S3. The van der Waals surface area contributed by atoms with Crippen LogP contribution in [0, 0.1) is 0 Å². The van der Waals surface area contributed by atoms with Crippen LogP contribution in [0.3, 0.4) is 0 Å². The van der Waals surface area contributed by atoms with Gasteiger partial charge in [-0.3, -0.25) is 0 Å². The minimum atomic E-state index is -3.76. The van der Waals surface area contributed by atoms with Crippen LogP contribution >= 0.6 is 80.3 Å². The minimum Gasteiger partial charge on any atom is -0.330 e. The number of hydrogen-bond donors (Lipinski definition) is 4. The number of unbranched alkanes of at least 4 members (excludes halogenated alkanes) is 18. The van der Waals surface area contributed by atoms with Crippen LogP contribution in [0.1, 0.15) is 196 Å². The van der Waals surface area contributed by atoms with Gasteiger partial charge in [0.2, 0.25) is 20.0 Å². The number of nitrogens with two attached hydrogens (primary N) is 2. The number of hydrogen-bond acceptors (Lipinski definition) is 11. The van der Waals surface area contributed by atoms with Crippen LogP contribution in [0.4, 0.5) is 0 Å². The number of sulfonamides is 2. The number of rotatable bonds is 32. The Morgan fingerprint density at radius 3 is 0.926 bits per heavy atom. The van der Waals surface area contributed by atoms with Crippen molar-refractivity contribution in [3.05, 3.63) is 189 Å². The second kappa shape index (κ2) is 39.2. The van der Waals surface area contributed by atoms with Crippen molar-refractivity contribution in [2.75, 3.05) is 67.0 Å². The zero-order chi connectivity index (χ0) is 68.7. The number of likely N-dealkylation sites (N-methyl/N-ethyl adjacent to an activating group) is 3. The van der Waals surface area contributed by atoms with Crippen molar-refractivity contribution in [1.82, 2.24) is 24.1 Å². The van der Waals surface area contributed by atoms with E-state index in [0.717, 1.165) is 167 Å².